The van der Waals surface area contributed by atoms with Crippen molar-refractivity contribution < 1.29 is 14.3 Å². The first-order valence-electron chi connectivity index (χ1n) is 5.29. The van der Waals surface area contributed by atoms with Crippen LogP contribution in [0.1, 0.15) is 17.9 Å². The fraction of sp³-hybridized carbons (Fsp3) is 0.417. The van der Waals surface area contributed by atoms with Gasteiger partial charge in [-0.15, -0.1) is 0 Å². The summed E-state index contributed by atoms with van der Waals surface area (Å²) in [7, 11) is 1.61. The van der Waals surface area contributed by atoms with E-state index in [1.807, 2.05) is 24.3 Å². The van der Waals surface area contributed by atoms with E-state index in [-0.39, 0.29) is 18.0 Å². The molecule has 0 saturated carbocycles. The summed E-state index contributed by atoms with van der Waals surface area (Å²) >= 11 is 0. The van der Waals surface area contributed by atoms with Gasteiger partial charge in [0.2, 0.25) is 0 Å². The van der Waals surface area contributed by atoms with Gasteiger partial charge in [0.1, 0.15) is 11.9 Å². The Morgan fingerprint density at radius 2 is 2.12 bits per heavy atom. The molecule has 4 nitrogen and oxygen atoms in total. The zero-order valence-electron chi connectivity index (χ0n) is 9.18. The smallest absolute Gasteiger partial charge is 0.313 e. The molecule has 1 saturated heterocycles. The molecule has 86 valence electrons. The quantitative estimate of drug-likeness (QED) is 0.775. The minimum atomic E-state index is -0.181. The zero-order chi connectivity index (χ0) is 11.5. The molecule has 4 heteroatoms. The summed E-state index contributed by atoms with van der Waals surface area (Å²) in [5, 5.41) is 0. The Bertz CT molecular complexity index is 374. The largest absolute Gasteiger partial charge is 0.497 e. The molecule has 0 spiro atoms. The van der Waals surface area contributed by atoms with E-state index in [9.17, 15) is 4.79 Å². The Hall–Kier alpha value is -1.55. The van der Waals surface area contributed by atoms with Crippen LogP contribution in [0.15, 0.2) is 24.3 Å². The lowest BCUT2D eigenvalue weighted by Crippen LogP contribution is -2.18. The van der Waals surface area contributed by atoms with E-state index in [1.165, 1.54) is 0 Å². The van der Waals surface area contributed by atoms with Gasteiger partial charge < -0.3 is 15.2 Å². The topological polar surface area (TPSA) is 61.6 Å². The number of cyclic esters (lactones) is 1. The number of carbonyl (C=O) groups excluding carboxylic acids is 1. The first-order chi connectivity index (χ1) is 7.74. The lowest BCUT2D eigenvalue weighted by molar-refractivity contribution is -0.142. The third-order valence-electron chi connectivity index (χ3n) is 2.85. The Kier molecular flexibility index (Phi) is 3.10. The van der Waals surface area contributed by atoms with E-state index in [4.69, 9.17) is 15.2 Å². The number of methoxy groups -OCH3 is 1. The summed E-state index contributed by atoms with van der Waals surface area (Å²) in [5.74, 6) is 0.422. The molecule has 0 unspecified atom stereocenters. The van der Waals surface area contributed by atoms with Gasteiger partial charge in [0.15, 0.2) is 0 Å². The van der Waals surface area contributed by atoms with Gasteiger partial charge in [-0.2, -0.15) is 0 Å². The van der Waals surface area contributed by atoms with E-state index < -0.39 is 0 Å². The zero-order valence-corrected chi connectivity index (χ0v) is 9.18. The highest BCUT2D eigenvalue weighted by molar-refractivity contribution is 5.80. The van der Waals surface area contributed by atoms with E-state index >= 15 is 0 Å². The molecule has 16 heavy (non-hydrogen) atoms. The van der Waals surface area contributed by atoms with Crippen LogP contribution in [-0.4, -0.2) is 25.7 Å². The van der Waals surface area contributed by atoms with Gasteiger partial charge in [-0.1, -0.05) is 12.1 Å². The molecule has 0 amide bonds. The van der Waals surface area contributed by atoms with Gasteiger partial charge >= 0.3 is 5.97 Å². The molecule has 2 atom stereocenters. The van der Waals surface area contributed by atoms with Crippen LogP contribution in [-0.2, 0) is 9.53 Å². The third-order valence-corrected chi connectivity index (χ3v) is 2.85. The number of hydrogen-bond donors (Lipinski definition) is 1. The van der Waals surface area contributed by atoms with Gasteiger partial charge in [0.05, 0.1) is 13.0 Å². The average molecular weight is 221 g/mol. The molecule has 0 radical (unpaired) electrons. The van der Waals surface area contributed by atoms with Crippen molar-refractivity contribution in [3.05, 3.63) is 29.8 Å². The van der Waals surface area contributed by atoms with Crippen molar-refractivity contribution >= 4 is 5.97 Å². The van der Waals surface area contributed by atoms with Crippen molar-refractivity contribution in [2.75, 3.05) is 13.7 Å². The molecule has 0 aliphatic carbocycles. The van der Waals surface area contributed by atoms with Gasteiger partial charge in [-0.25, -0.2) is 0 Å². The SMILES string of the molecule is COc1ccc([C@@H]2C[C@@H](CN)OC2=O)cc1. The van der Waals surface area contributed by atoms with Crippen molar-refractivity contribution in [1.82, 2.24) is 0 Å². The van der Waals surface area contributed by atoms with Crippen LogP contribution in [0.3, 0.4) is 0 Å². The highest BCUT2D eigenvalue weighted by Gasteiger charge is 2.34. The number of ether oxygens (including phenoxy) is 2. The van der Waals surface area contributed by atoms with E-state index in [0.717, 1.165) is 11.3 Å². The molecule has 0 bridgehead atoms. The van der Waals surface area contributed by atoms with Gasteiger partial charge in [0, 0.05) is 13.0 Å². The molecule has 2 rings (SSSR count). The van der Waals surface area contributed by atoms with E-state index in [2.05, 4.69) is 0 Å². The molecular formula is C12H15NO3. The Morgan fingerprint density at radius 3 is 2.62 bits per heavy atom. The number of esters is 1. The van der Waals surface area contributed by atoms with Gasteiger partial charge in [-0.05, 0) is 17.7 Å². The molecule has 1 heterocycles. The fourth-order valence-electron chi connectivity index (χ4n) is 1.91. The van der Waals surface area contributed by atoms with Crippen LogP contribution in [0.2, 0.25) is 0 Å². The first-order valence-corrected chi connectivity index (χ1v) is 5.29. The Labute approximate surface area is 94.3 Å². The molecule has 1 aromatic carbocycles. The fourth-order valence-corrected chi connectivity index (χ4v) is 1.91. The lowest BCUT2D eigenvalue weighted by atomic mass is 9.96. The molecule has 1 aliphatic rings. The summed E-state index contributed by atoms with van der Waals surface area (Å²) in [5.41, 5.74) is 6.44. The molecule has 1 fully saturated rings. The summed E-state index contributed by atoms with van der Waals surface area (Å²) in [6.45, 7) is 0.387. The highest BCUT2D eigenvalue weighted by atomic mass is 16.6. The summed E-state index contributed by atoms with van der Waals surface area (Å²) in [4.78, 5) is 11.6. The first kappa shape index (κ1) is 11.0. The standard InChI is InChI=1S/C12H15NO3/c1-15-9-4-2-8(3-5-9)11-6-10(7-13)16-12(11)14/h2-5,10-11H,6-7,13H2,1H3/t10-,11-/m0/s1. The second-order valence-electron chi connectivity index (χ2n) is 3.86. The van der Waals surface area contributed by atoms with Crippen LogP contribution < -0.4 is 10.5 Å². The lowest BCUT2D eigenvalue weighted by Gasteiger charge is -2.06. The maximum Gasteiger partial charge on any atom is 0.313 e. The van der Waals surface area contributed by atoms with E-state index in [0.29, 0.717) is 13.0 Å². The van der Waals surface area contributed by atoms with Crippen LogP contribution >= 0.6 is 0 Å². The molecule has 0 aromatic heterocycles. The van der Waals surface area contributed by atoms with E-state index in [1.54, 1.807) is 7.11 Å². The van der Waals surface area contributed by atoms with Crippen LogP contribution in [0.4, 0.5) is 0 Å². The number of carbonyl (C=O) groups is 1. The summed E-state index contributed by atoms with van der Waals surface area (Å²) in [6, 6.07) is 7.48. The Balaban J connectivity index is 2.15. The monoisotopic (exact) mass is 221 g/mol. The number of nitrogens with two attached hydrogens (primary N) is 1. The Morgan fingerprint density at radius 1 is 1.44 bits per heavy atom. The van der Waals surface area contributed by atoms with Crippen LogP contribution in [0.25, 0.3) is 0 Å². The minimum Gasteiger partial charge on any atom is -0.497 e. The maximum absolute atomic E-state index is 11.6. The maximum atomic E-state index is 11.6. The van der Waals surface area contributed by atoms with Crippen LogP contribution in [0.5, 0.6) is 5.75 Å². The normalized spacial score (nSPS) is 24.2. The minimum absolute atomic E-state index is 0.139. The third kappa shape index (κ3) is 2.02. The van der Waals surface area contributed by atoms with Crippen LogP contribution in [0, 0.1) is 0 Å². The van der Waals surface area contributed by atoms with Crippen molar-refractivity contribution in [1.29, 1.82) is 0 Å². The van der Waals surface area contributed by atoms with Crippen molar-refractivity contribution in [2.45, 2.75) is 18.4 Å². The van der Waals surface area contributed by atoms with Crippen molar-refractivity contribution in [3.8, 4) is 5.75 Å². The second-order valence-corrected chi connectivity index (χ2v) is 3.86. The number of hydrogen-bond acceptors (Lipinski definition) is 4. The number of benzene rings is 1. The summed E-state index contributed by atoms with van der Waals surface area (Å²) < 4.78 is 10.2. The average Bonchev–Trinajstić information content (AvgIpc) is 2.71. The second kappa shape index (κ2) is 4.53. The molecule has 2 N–H and O–H groups in total. The van der Waals surface area contributed by atoms with Gasteiger partial charge in [0.25, 0.3) is 0 Å². The predicted octanol–water partition coefficient (Wildman–Crippen LogP) is 1.05. The number of rotatable bonds is 3. The summed E-state index contributed by atoms with van der Waals surface area (Å²) in [6.07, 6.45) is 0.529. The molecular weight excluding hydrogens is 206 g/mol. The van der Waals surface area contributed by atoms with Gasteiger partial charge in [-0.3, -0.25) is 4.79 Å². The highest BCUT2D eigenvalue weighted by Crippen LogP contribution is 2.31. The van der Waals surface area contributed by atoms with Crippen molar-refractivity contribution in [2.24, 2.45) is 5.73 Å². The van der Waals surface area contributed by atoms with Crippen molar-refractivity contribution in [3.63, 3.8) is 0 Å². The molecule has 1 aliphatic heterocycles. The molecule has 1 aromatic rings. The predicted molar refractivity (Wildman–Crippen MR) is 59.3 cm³/mol.